The molecule has 0 heterocycles. The summed E-state index contributed by atoms with van der Waals surface area (Å²) in [7, 11) is 0. The molecule has 0 bridgehead atoms. The van der Waals surface area contributed by atoms with Gasteiger partial charge < -0.3 is 0 Å². The first-order valence-corrected chi connectivity index (χ1v) is 6.67. The number of rotatable bonds is 4. The molecule has 0 unspecified atom stereocenters. The van der Waals surface area contributed by atoms with Crippen molar-refractivity contribution < 1.29 is 0 Å². The fraction of sp³-hybridized carbons (Fsp3) is 0.235. The van der Waals surface area contributed by atoms with Gasteiger partial charge >= 0.3 is 0 Å². The molecule has 0 saturated heterocycles. The van der Waals surface area contributed by atoms with Crippen molar-refractivity contribution in [3.63, 3.8) is 0 Å². The van der Waals surface area contributed by atoms with Gasteiger partial charge in [0.25, 0.3) is 0 Å². The van der Waals surface area contributed by atoms with E-state index in [-0.39, 0.29) is 0 Å². The molecule has 19 heavy (non-hydrogen) atoms. The second-order valence-electron chi connectivity index (χ2n) is 4.28. The average Bonchev–Trinajstić information content (AvgIpc) is 2.48. The molecule has 0 aliphatic carbocycles. The highest BCUT2D eigenvalue weighted by molar-refractivity contribution is 5.61. The number of nitrogens with zero attached hydrogens (tertiary/aromatic N) is 2. The van der Waals surface area contributed by atoms with Crippen molar-refractivity contribution in [1.29, 1.82) is 0 Å². The van der Waals surface area contributed by atoms with Crippen molar-refractivity contribution in [1.82, 2.24) is 0 Å². The highest BCUT2D eigenvalue weighted by atomic mass is 14.8. The number of benzene rings is 2. The van der Waals surface area contributed by atoms with Crippen LogP contribution in [0, 0.1) is 0 Å². The summed E-state index contributed by atoms with van der Waals surface area (Å²) in [6.07, 6.45) is 2.01. The van der Waals surface area contributed by atoms with Crippen molar-refractivity contribution in [2.45, 2.75) is 26.7 Å². The molecule has 2 rings (SSSR count). The van der Waals surface area contributed by atoms with Crippen LogP contribution in [-0.4, -0.2) is 6.01 Å². The maximum atomic E-state index is 4.36. The number of para-hydroxylation sites is 1. The number of aliphatic imine (C=N–C) groups is 2. The molecule has 0 amide bonds. The van der Waals surface area contributed by atoms with Gasteiger partial charge in [-0.15, -0.1) is 0 Å². The zero-order valence-corrected chi connectivity index (χ0v) is 11.4. The molecule has 0 N–H and O–H groups in total. The standard InChI is InChI=1S/C17H18N2/c1-3-14-9-8-12-17(16(14)4-2)19-13-18-15-10-6-5-7-11-15/h5-12H,3-4H2,1-2H3. The maximum absolute atomic E-state index is 4.36. The summed E-state index contributed by atoms with van der Waals surface area (Å²) in [6, 6.07) is 18.8. The lowest BCUT2D eigenvalue weighted by atomic mass is 10.0. The van der Waals surface area contributed by atoms with E-state index in [0.717, 1.165) is 24.2 Å². The van der Waals surface area contributed by atoms with Gasteiger partial charge in [0.2, 0.25) is 0 Å². The number of aryl methyl sites for hydroxylation is 1. The molecule has 2 nitrogen and oxygen atoms in total. The molecule has 0 saturated carbocycles. The van der Waals surface area contributed by atoms with Crippen LogP contribution in [0.4, 0.5) is 11.4 Å². The van der Waals surface area contributed by atoms with Crippen LogP contribution in [0.2, 0.25) is 0 Å². The zero-order valence-electron chi connectivity index (χ0n) is 11.4. The molecular weight excluding hydrogens is 232 g/mol. The largest absolute Gasteiger partial charge is 0.188 e. The smallest absolute Gasteiger partial charge is 0.100 e. The summed E-state index contributed by atoms with van der Waals surface area (Å²) in [6.45, 7) is 4.32. The lowest BCUT2D eigenvalue weighted by Gasteiger charge is -2.07. The van der Waals surface area contributed by atoms with Crippen molar-refractivity contribution in [3.8, 4) is 0 Å². The summed E-state index contributed by atoms with van der Waals surface area (Å²) >= 11 is 0. The van der Waals surface area contributed by atoms with Gasteiger partial charge in [-0.25, -0.2) is 0 Å². The Morgan fingerprint density at radius 3 is 2.32 bits per heavy atom. The van der Waals surface area contributed by atoms with Gasteiger partial charge in [0.15, 0.2) is 0 Å². The van der Waals surface area contributed by atoms with Crippen LogP contribution in [0.3, 0.4) is 0 Å². The highest BCUT2D eigenvalue weighted by Crippen LogP contribution is 2.23. The van der Waals surface area contributed by atoms with Crippen LogP contribution >= 0.6 is 0 Å². The molecular formula is C17H18N2. The molecule has 2 aromatic carbocycles. The molecule has 0 fully saturated rings. The van der Waals surface area contributed by atoms with Crippen LogP contribution in [-0.2, 0) is 12.8 Å². The molecule has 0 atom stereocenters. The van der Waals surface area contributed by atoms with Crippen molar-refractivity contribution in [2.24, 2.45) is 9.98 Å². The number of hydrogen-bond donors (Lipinski definition) is 0. The van der Waals surface area contributed by atoms with Gasteiger partial charge in [-0.3, -0.25) is 0 Å². The normalized spacial score (nSPS) is 9.79. The molecule has 0 aliphatic rings. The monoisotopic (exact) mass is 250 g/mol. The Balaban J connectivity index is 2.31. The fourth-order valence-corrected chi connectivity index (χ4v) is 2.10. The second kappa shape index (κ2) is 6.67. The Labute approximate surface area is 114 Å². The molecule has 0 aromatic heterocycles. The molecule has 96 valence electrons. The Kier molecular flexibility index (Phi) is 4.66. The Hall–Kier alpha value is -2.18. The predicted octanol–water partition coefficient (Wildman–Crippen LogP) is 4.95. The first-order valence-electron chi connectivity index (χ1n) is 6.67. The molecule has 0 radical (unpaired) electrons. The summed E-state index contributed by atoms with van der Waals surface area (Å²) in [5.41, 5.74) is 4.49. The van der Waals surface area contributed by atoms with Gasteiger partial charge in [0.1, 0.15) is 6.01 Å². The highest BCUT2D eigenvalue weighted by Gasteiger charge is 2.03. The minimum atomic E-state index is 0.871. The third-order valence-corrected chi connectivity index (χ3v) is 3.09. The lowest BCUT2D eigenvalue weighted by molar-refractivity contribution is 1.04. The van der Waals surface area contributed by atoms with E-state index >= 15 is 0 Å². The summed E-state index contributed by atoms with van der Waals surface area (Å²) < 4.78 is 0. The Bertz CT molecular complexity index is 594. The first kappa shape index (κ1) is 13.3. The van der Waals surface area contributed by atoms with Crippen LogP contribution in [0.1, 0.15) is 25.0 Å². The summed E-state index contributed by atoms with van der Waals surface area (Å²) in [5.74, 6) is 0. The topological polar surface area (TPSA) is 24.7 Å². The van der Waals surface area contributed by atoms with E-state index in [1.54, 1.807) is 0 Å². The maximum Gasteiger partial charge on any atom is 0.100 e. The van der Waals surface area contributed by atoms with E-state index in [2.05, 4.69) is 35.9 Å². The second-order valence-corrected chi connectivity index (χ2v) is 4.28. The van der Waals surface area contributed by atoms with Crippen LogP contribution < -0.4 is 0 Å². The van der Waals surface area contributed by atoms with E-state index in [1.165, 1.54) is 11.1 Å². The SMILES string of the molecule is CCc1cccc(N=C=Nc2ccccc2)c1CC. The van der Waals surface area contributed by atoms with Crippen molar-refractivity contribution in [2.75, 3.05) is 0 Å². The van der Waals surface area contributed by atoms with Crippen LogP contribution in [0.25, 0.3) is 0 Å². The van der Waals surface area contributed by atoms with Gasteiger partial charge in [-0.05, 0) is 42.2 Å². The minimum absolute atomic E-state index is 0.871. The molecule has 2 aromatic rings. The van der Waals surface area contributed by atoms with Gasteiger partial charge in [0, 0.05) is 0 Å². The van der Waals surface area contributed by atoms with Gasteiger partial charge in [-0.1, -0.05) is 44.2 Å². The Morgan fingerprint density at radius 1 is 0.842 bits per heavy atom. The number of hydrogen-bond acceptors (Lipinski definition) is 2. The van der Waals surface area contributed by atoms with Crippen molar-refractivity contribution >= 4 is 17.4 Å². The van der Waals surface area contributed by atoms with Crippen LogP contribution in [0.5, 0.6) is 0 Å². The zero-order chi connectivity index (χ0) is 13.5. The fourth-order valence-electron chi connectivity index (χ4n) is 2.10. The van der Waals surface area contributed by atoms with E-state index in [4.69, 9.17) is 0 Å². The van der Waals surface area contributed by atoms with E-state index in [1.807, 2.05) is 42.5 Å². The van der Waals surface area contributed by atoms with E-state index in [0.29, 0.717) is 0 Å². The third kappa shape index (κ3) is 3.40. The summed E-state index contributed by atoms with van der Waals surface area (Å²) in [4.78, 5) is 8.58. The third-order valence-electron chi connectivity index (χ3n) is 3.09. The van der Waals surface area contributed by atoms with Crippen LogP contribution in [0.15, 0.2) is 58.5 Å². The van der Waals surface area contributed by atoms with E-state index < -0.39 is 0 Å². The first-order chi connectivity index (χ1) is 9.35. The predicted molar refractivity (Wildman–Crippen MR) is 80.8 cm³/mol. The lowest BCUT2D eigenvalue weighted by Crippen LogP contribution is -1.90. The Morgan fingerprint density at radius 2 is 1.63 bits per heavy atom. The van der Waals surface area contributed by atoms with E-state index in [9.17, 15) is 0 Å². The minimum Gasteiger partial charge on any atom is -0.188 e. The average molecular weight is 250 g/mol. The molecule has 0 aliphatic heterocycles. The van der Waals surface area contributed by atoms with Crippen molar-refractivity contribution in [3.05, 3.63) is 59.7 Å². The van der Waals surface area contributed by atoms with Gasteiger partial charge in [0.05, 0.1) is 11.4 Å². The summed E-state index contributed by atoms with van der Waals surface area (Å²) in [5, 5.41) is 0. The molecule has 0 spiro atoms. The molecule has 2 heteroatoms. The van der Waals surface area contributed by atoms with Gasteiger partial charge in [-0.2, -0.15) is 9.98 Å². The quantitative estimate of drug-likeness (QED) is 0.686.